The first-order valence-corrected chi connectivity index (χ1v) is 8.26. The second-order valence-corrected chi connectivity index (χ2v) is 6.37. The van der Waals surface area contributed by atoms with Gasteiger partial charge in [0.1, 0.15) is 0 Å². The zero-order valence-corrected chi connectivity index (χ0v) is 13.8. The van der Waals surface area contributed by atoms with Gasteiger partial charge in [0, 0.05) is 25.6 Å². The standard InChI is InChI=1S/C19H22N2S/c1-15-7-9-17(10-8-15)18-11-12-21(14-18)19(22)20-13-16-5-3-2-4-6-16/h2-10,18H,11-14H2,1H3,(H,20,22)/t18-/m0/s1. The molecular weight excluding hydrogens is 288 g/mol. The van der Waals surface area contributed by atoms with E-state index in [4.69, 9.17) is 12.2 Å². The normalized spacial score (nSPS) is 17.5. The molecule has 1 heterocycles. The molecule has 2 aromatic rings. The zero-order chi connectivity index (χ0) is 15.4. The first-order chi connectivity index (χ1) is 10.7. The van der Waals surface area contributed by atoms with E-state index in [1.807, 2.05) is 6.07 Å². The van der Waals surface area contributed by atoms with Gasteiger partial charge in [0.25, 0.3) is 0 Å². The third kappa shape index (κ3) is 3.66. The van der Waals surface area contributed by atoms with Crippen LogP contribution in [0.5, 0.6) is 0 Å². The minimum atomic E-state index is 0.595. The summed E-state index contributed by atoms with van der Waals surface area (Å²) in [5, 5.41) is 4.25. The summed E-state index contributed by atoms with van der Waals surface area (Å²) in [7, 11) is 0. The lowest BCUT2D eigenvalue weighted by atomic mass is 9.98. The summed E-state index contributed by atoms with van der Waals surface area (Å²) in [4.78, 5) is 2.29. The quantitative estimate of drug-likeness (QED) is 0.867. The van der Waals surface area contributed by atoms with Crippen LogP contribution in [0.2, 0.25) is 0 Å². The maximum Gasteiger partial charge on any atom is 0.169 e. The molecule has 2 aromatic carbocycles. The van der Waals surface area contributed by atoms with Crippen LogP contribution in [0, 0.1) is 6.92 Å². The molecule has 1 N–H and O–H groups in total. The Kier molecular flexibility index (Phi) is 4.74. The molecule has 2 nitrogen and oxygen atoms in total. The predicted octanol–water partition coefficient (Wildman–Crippen LogP) is 3.86. The van der Waals surface area contributed by atoms with Gasteiger partial charge in [0.2, 0.25) is 0 Å². The molecule has 0 radical (unpaired) electrons. The number of benzene rings is 2. The minimum absolute atomic E-state index is 0.595. The highest BCUT2D eigenvalue weighted by atomic mass is 32.1. The summed E-state index contributed by atoms with van der Waals surface area (Å²) in [5.41, 5.74) is 4.01. The maximum atomic E-state index is 5.55. The van der Waals surface area contributed by atoms with Crippen molar-refractivity contribution in [1.29, 1.82) is 0 Å². The third-order valence-electron chi connectivity index (χ3n) is 4.31. The van der Waals surface area contributed by atoms with Crippen molar-refractivity contribution >= 4 is 17.3 Å². The average Bonchev–Trinajstić information content (AvgIpc) is 3.04. The van der Waals surface area contributed by atoms with Gasteiger partial charge < -0.3 is 10.2 Å². The molecule has 0 aromatic heterocycles. The summed E-state index contributed by atoms with van der Waals surface area (Å²) < 4.78 is 0. The van der Waals surface area contributed by atoms with E-state index in [2.05, 4.69) is 65.7 Å². The first kappa shape index (κ1) is 15.0. The van der Waals surface area contributed by atoms with E-state index in [9.17, 15) is 0 Å². The van der Waals surface area contributed by atoms with Crippen LogP contribution in [0.1, 0.15) is 29.0 Å². The Morgan fingerprint density at radius 2 is 1.86 bits per heavy atom. The number of hydrogen-bond donors (Lipinski definition) is 1. The molecule has 0 saturated carbocycles. The topological polar surface area (TPSA) is 15.3 Å². The number of hydrogen-bond acceptors (Lipinski definition) is 1. The molecule has 1 aliphatic heterocycles. The molecule has 0 aliphatic carbocycles. The second kappa shape index (κ2) is 6.93. The summed E-state index contributed by atoms with van der Waals surface area (Å²) in [6, 6.07) is 19.3. The lowest BCUT2D eigenvalue weighted by Gasteiger charge is -2.21. The largest absolute Gasteiger partial charge is 0.358 e. The molecule has 0 amide bonds. The van der Waals surface area contributed by atoms with E-state index < -0.39 is 0 Å². The molecule has 1 fully saturated rings. The SMILES string of the molecule is Cc1ccc([C@H]2CCN(C(=S)NCc3ccccc3)C2)cc1. The Bertz CT molecular complexity index is 622. The van der Waals surface area contributed by atoms with Crippen LogP contribution >= 0.6 is 12.2 Å². The molecule has 22 heavy (non-hydrogen) atoms. The Hall–Kier alpha value is -1.87. The Labute approximate surface area is 138 Å². The summed E-state index contributed by atoms with van der Waals surface area (Å²) in [5.74, 6) is 0.595. The Balaban J connectivity index is 1.53. The van der Waals surface area contributed by atoms with Crippen molar-refractivity contribution in [1.82, 2.24) is 10.2 Å². The molecule has 1 saturated heterocycles. The molecular formula is C19H22N2S. The molecule has 3 heteroatoms. The Morgan fingerprint density at radius 3 is 2.59 bits per heavy atom. The fraction of sp³-hybridized carbons (Fsp3) is 0.316. The zero-order valence-electron chi connectivity index (χ0n) is 13.0. The van der Waals surface area contributed by atoms with Gasteiger partial charge in [-0.05, 0) is 36.7 Å². The van der Waals surface area contributed by atoms with Crippen LogP contribution in [0.4, 0.5) is 0 Å². The molecule has 0 spiro atoms. The lowest BCUT2D eigenvalue weighted by molar-refractivity contribution is 0.498. The van der Waals surface area contributed by atoms with Gasteiger partial charge in [0.05, 0.1) is 0 Å². The van der Waals surface area contributed by atoms with Gasteiger partial charge in [-0.2, -0.15) is 0 Å². The van der Waals surface area contributed by atoms with Crippen LogP contribution in [-0.4, -0.2) is 23.1 Å². The van der Waals surface area contributed by atoms with Gasteiger partial charge in [0.15, 0.2) is 5.11 Å². The summed E-state index contributed by atoms with van der Waals surface area (Å²) in [6.07, 6.45) is 1.18. The summed E-state index contributed by atoms with van der Waals surface area (Å²) >= 11 is 5.55. The highest BCUT2D eigenvalue weighted by Crippen LogP contribution is 2.27. The fourth-order valence-corrected chi connectivity index (χ4v) is 3.18. The van der Waals surface area contributed by atoms with Crippen molar-refractivity contribution in [3.8, 4) is 0 Å². The monoisotopic (exact) mass is 310 g/mol. The van der Waals surface area contributed by atoms with Crippen LogP contribution in [-0.2, 0) is 6.54 Å². The highest BCUT2D eigenvalue weighted by molar-refractivity contribution is 7.80. The number of nitrogens with zero attached hydrogens (tertiary/aromatic N) is 1. The number of likely N-dealkylation sites (tertiary alicyclic amines) is 1. The van der Waals surface area contributed by atoms with Gasteiger partial charge in [-0.25, -0.2) is 0 Å². The average molecular weight is 310 g/mol. The van der Waals surface area contributed by atoms with Gasteiger partial charge in [-0.1, -0.05) is 60.2 Å². The molecule has 114 valence electrons. The van der Waals surface area contributed by atoms with E-state index in [1.165, 1.54) is 23.1 Å². The van der Waals surface area contributed by atoms with E-state index in [0.29, 0.717) is 5.92 Å². The first-order valence-electron chi connectivity index (χ1n) is 7.85. The number of nitrogens with one attached hydrogen (secondary N) is 1. The lowest BCUT2D eigenvalue weighted by Crippen LogP contribution is -2.37. The van der Waals surface area contributed by atoms with Crippen molar-refractivity contribution < 1.29 is 0 Å². The second-order valence-electron chi connectivity index (χ2n) is 5.99. The van der Waals surface area contributed by atoms with Crippen LogP contribution in [0.3, 0.4) is 0 Å². The van der Waals surface area contributed by atoms with Crippen LogP contribution < -0.4 is 5.32 Å². The number of thiocarbonyl (C=S) groups is 1. The number of rotatable bonds is 3. The van der Waals surface area contributed by atoms with Crippen molar-refractivity contribution in [2.75, 3.05) is 13.1 Å². The fourth-order valence-electron chi connectivity index (χ4n) is 2.94. The van der Waals surface area contributed by atoms with E-state index in [0.717, 1.165) is 24.7 Å². The van der Waals surface area contributed by atoms with Gasteiger partial charge in [-0.15, -0.1) is 0 Å². The number of aryl methyl sites for hydroxylation is 1. The van der Waals surface area contributed by atoms with Crippen molar-refractivity contribution in [2.24, 2.45) is 0 Å². The molecule has 3 rings (SSSR count). The molecule has 0 unspecified atom stereocenters. The van der Waals surface area contributed by atoms with Crippen molar-refractivity contribution in [3.63, 3.8) is 0 Å². The molecule has 1 aliphatic rings. The molecule has 0 bridgehead atoms. The third-order valence-corrected chi connectivity index (χ3v) is 4.71. The Morgan fingerprint density at radius 1 is 1.14 bits per heavy atom. The van der Waals surface area contributed by atoms with Gasteiger partial charge >= 0.3 is 0 Å². The molecule has 1 atom stereocenters. The van der Waals surface area contributed by atoms with Crippen LogP contribution in [0.25, 0.3) is 0 Å². The van der Waals surface area contributed by atoms with Crippen molar-refractivity contribution in [3.05, 3.63) is 71.3 Å². The van der Waals surface area contributed by atoms with E-state index in [1.54, 1.807) is 0 Å². The van der Waals surface area contributed by atoms with E-state index in [-0.39, 0.29) is 0 Å². The van der Waals surface area contributed by atoms with Crippen LogP contribution in [0.15, 0.2) is 54.6 Å². The highest BCUT2D eigenvalue weighted by Gasteiger charge is 2.25. The predicted molar refractivity (Wildman–Crippen MR) is 96.0 cm³/mol. The minimum Gasteiger partial charge on any atom is -0.358 e. The van der Waals surface area contributed by atoms with Crippen molar-refractivity contribution in [2.45, 2.75) is 25.8 Å². The van der Waals surface area contributed by atoms with E-state index >= 15 is 0 Å². The van der Waals surface area contributed by atoms with Gasteiger partial charge in [-0.3, -0.25) is 0 Å². The smallest absolute Gasteiger partial charge is 0.169 e. The summed E-state index contributed by atoms with van der Waals surface area (Å²) in [6.45, 7) is 4.99. The maximum absolute atomic E-state index is 5.55.